The van der Waals surface area contributed by atoms with E-state index in [-0.39, 0.29) is 37.9 Å². The van der Waals surface area contributed by atoms with Crippen LogP contribution in [0.3, 0.4) is 0 Å². The molecule has 1 fully saturated rings. The van der Waals surface area contributed by atoms with Gasteiger partial charge < -0.3 is 15.1 Å². The second-order valence-corrected chi connectivity index (χ2v) is 7.98. The molecule has 1 heterocycles. The summed E-state index contributed by atoms with van der Waals surface area (Å²) in [4.78, 5) is 41.7. The molecule has 9 heteroatoms. The number of anilines is 2. The highest BCUT2D eigenvalue weighted by atomic mass is 32.2. The van der Waals surface area contributed by atoms with E-state index in [1.165, 1.54) is 11.0 Å². The molecular formula is C22H23F2N3O3S. The molecule has 1 atom stereocenters. The number of halogens is 2. The van der Waals surface area contributed by atoms with E-state index in [9.17, 15) is 23.2 Å². The predicted molar refractivity (Wildman–Crippen MR) is 116 cm³/mol. The molecule has 2 aromatic carbocycles. The average molecular weight is 448 g/mol. The topological polar surface area (TPSA) is 69.7 Å². The van der Waals surface area contributed by atoms with Gasteiger partial charge in [0.1, 0.15) is 17.3 Å². The molecule has 0 aromatic heterocycles. The second kappa shape index (κ2) is 9.91. The van der Waals surface area contributed by atoms with Crippen LogP contribution in [0.15, 0.2) is 47.4 Å². The van der Waals surface area contributed by atoms with Crippen LogP contribution in [-0.2, 0) is 14.4 Å². The number of likely N-dealkylation sites (N-methyl/N-ethyl adjacent to an activating group) is 1. The van der Waals surface area contributed by atoms with E-state index < -0.39 is 29.1 Å². The van der Waals surface area contributed by atoms with Gasteiger partial charge in [0.25, 0.3) is 0 Å². The fourth-order valence-electron chi connectivity index (χ4n) is 3.47. The van der Waals surface area contributed by atoms with Crippen molar-refractivity contribution in [3.05, 3.63) is 54.1 Å². The summed E-state index contributed by atoms with van der Waals surface area (Å²) in [6.45, 7) is 1.77. The van der Waals surface area contributed by atoms with Gasteiger partial charge in [-0.25, -0.2) is 8.78 Å². The average Bonchev–Trinajstić information content (AvgIpc) is 3.16. The van der Waals surface area contributed by atoms with Crippen molar-refractivity contribution in [2.75, 3.05) is 36.1 Å². The first kappa shape index (κ1) is 22.7. The van der Waals surface area contributed by atoms with Crippen LogP contribution in [0.5, 0.6) is 0 Å². The Morgan fingerprint density at radius 2 is 1.87 bits per heavy atom. The molecule has 0 spiro atoms. The summed E-state index contributed by atoms with van der Waals surface area (Å²) in [6.07, 6.45) is 1.98. The minimum atomic E-state index is -0.896. The van der Waals surface area contributed by atoms with E-state index in [2.05, 4.69) is 5.32 Å². The quantitative estimate of drug-likeness (QED) is 0.660. The number of benzene rings is 2. The van der Waals surface area contributed by atoms with Crippen molar-refractivity contribution in [1.29, 1.82) is 0 Å². The lowest BCUT2D eigenvalue weighted by atomic mass is 10.1. The lowest BCUT2D eigenvalue weighted by Crippen LogP contribution is -2.42. The van der Waals surface area contributed by atoms with Crippen LogP contribution in [0.4, 0.5) is 20.2 Å². The van der Waals surface area contributed by atoms with Gasteiger partial charge in [0.15, 0.2) is 0 Å². The third-order valence-corrected chi connectivity index (χ3v) is 5.82. The fourth-order valence-corrected chi connectivity index (χ4v) is 3.93. The first-order valence-electron chi connectivity index (χ1n) is 9.81. The predicted octanol–water partition coefficient (Wildman–Crippen LogP) is 3.53. The Hall–Kier alpha value is -2.94. The second-order valence-electron chi connectivity index (χ2n) is 7.10. The summed E-state index contributed by atoms with van der Waals surface area (Å²) in [5.74, 6) is -3.61. The minimum absolute atomic E-state index is 0.0440. The van der Waals surface area contributed by atoms with Crippen molar-refractivity contribution in [1.82, 2.24) is 4.90 Å². The Labute approximate surface area is 183 Å². The minimum Gasteiger partial charge on any atom is -0.333 e. The maximum Gasteiger partial charge on any atom is 0.244 e. The van der Waals surface area contributed by atoms with E-state index in [1.807, 2.05) is 30.5 Å². The zero-order chi connectivity index (χ0) is 22.5. The largest absolute Gasteiger partial charge is 0.333 e. The third-order valence-electron chi connectivity index (χ3n) is 5.09. The van der Waals surface area contributed by atoms with Crippen LogP contribution < -0.4 is 10.2 Å². The Balaban J connectivity index is 1.66. The number of nitrogens with zero attached hydrogens (tertiary/aromatic N) is 2. The zero-order valence-electron chi connectivity index (χ0n) is 17.2. The molecule has 1 N–H and O–H groups in total. The molecule has 1 aliphatic heterocycles. The van der Waals surface area contributed by atoms with Crippen molar-refractivity contribution in [3.8, 4) is 0 Å². The van der Waals surface area contributed by atoms with Crippen molar-refractivity contribution < 1.29 is 23.2 Å². The summed E-state index contributed by atoms with van der Waals surface area (Å²) in [6, 6.07) is 10.8. The molecule has 0 radical (unpaired) electrons. The van der Waals surface area contributed by atoms with Gasteiger partial charge in [0.05, 0.1) is 12.5 Å². The molecule has 2 aromatic rings. The first-order chi connectivity index (χ1) is 14.8. The van der Waals surface area contributed by atoms with Crippen molar-refractivity contribution in [2.24, 2.45) is 5.92 Å². The molecule has 3 rings (SSSR count). The highest BCUT2D eigenvalue weighted by Crippen LogP contribution is 2.29. The van der Waals surface area contributed by atoms with Crippen molar-refractivity contribution in [3.63, 3.8) is 0 Å². The number of rotatable bonds is 7. The molecule has 1 aliphatic rings. The van der Waals surface area contributed by atoms with Gasteiger partial charge in [0.2, 0.25) is 17.7 Å². The highest BCUT2D eigenvalue weighted by molar-refractivity contribution is 7.98. The number of hydrogen-bond acceptors (Lipinski definition) is 4. The standard InChI is InChI=1S/C22H23F2N3O3S/c1-3-26(13-19(28)25-21-17(23)8-5-9-18(21)24)22(30)14-10-20(29)27(12-14)15-6-4-7-16(11-15)31-2/h4-9,11,14H,3,10,12-13H2,1-2H3,(H,25,28)/t14-/m0/s1. The van der Waals surface area contributed by atoms with Crippen LogP contribution in [0.25, 0.3) is 0 Å². The van der Waals surface area contributed by atoms with Gasteiger partial charge in [-0.05, 0) is 43.5 Å². The van der Waals surface area contributed by atoms with E-state index in [0.717, 1.165) is 22.7 Å². The van der Waals surface area contributed by atoms with Crippen LogP contribution in [-0.4, -0.2) is 48.5 Å². The van der Waals surface area contributed by atoms with Crippen LogP contribution >= 0.6 is 11.8 Å². The Morgan fingerprint density at radius 3 is 2.52 bits per heavy atom. The molecule has 3 amide bonds. The van der Waals surface area contributed by atoms with E-state index >= 15 is 0 Å². The molecule has 0 aliphatic carbocycles. The Bertz CT molecular complexity index is 981. The number of nitrogens with one attached hydrogen (secondary N) is 1. The lowest BCUT2D eigenvalue weighted by molar-refractivity contribution is -0.138. The monoisotopic (exact) mass is 447 g/mol. The summed E-state index contributed by atoms with van der Waals surface area (Å²) in [7, 11) is 0. The zero-order valence-corrected chi connectivity index (χ0v) is 18.0. The van der Waals surface area contributed by atoms with Crippen molar-refractivity contribution >= 4 is 40.9 Å². The molecular weight excluding hydrogens is 424 g/mol. The molecule has 0 unspecified atom stereocenters. The highest BCUT2D eigenvalue weighted by Gasteiger charge is 2.37. The third kappa shape index (κ3) is 5.22. The van der Waals surface area contributed by atoms with Gasteiger partial charge >= 0.3 is 0 Å². The SMILES string of the molecule is CCN(CC(=O)Nc1c(F)cccc1F)C(=O)[C@H]1CC(=O)N(c2cccc(SC)c2)C1. The van der Waals surface area contributed by atoms with Crippen LogP contribution in [0.2, 0.25) is 0 Å². The summed E-state index contributed by atoms with van der Waals surface area (Å²) >= 11 is 1.56. The molecule has 31 heavy (non-hydrogen) atoms. The molecule has 164 valence electrons. The van der Waals surface area contributed by atoms with Gasteiger partial charge in [-0.3, -0.25) is 14.4 Å². The Morgan fingerprint density at radius 1 is 1.19 bits per heavy atom. The van der Waals surface area contributed by atoms with E-state index in [1.54, 1.807) is 23.6 Å². The van der Waals surface area contributed by atoms with Gasteiger partial charge in [-0.2, -0.15) is 0 Å². The molecule has 6 nitrogen and oxygen atoms in total. The Kier molecular flexibility index (Phi) is 7.27. The fraction of sp³-hybridized carbons (Fsp3) is 0.318. The van der Waals surface area contributed by atoms with Gasteiger partial charge in [-0.15, -0.1) is 11.8 Å². The normalized spacial score (nSPS) is 15.8. The lowest BCUT2D eigenvalue weighted by Gasteiger charge is -2.24. The number of para-hydroxylation sites is 1. The van der Waals surface area contributed by atoms with Crippen LogP contribution in [0, 0.1) is 17.6 Å². The maximum atomic E-state index is 13.8. The van der Waals surface area contributed by atoms with E-state index in [0.29, 0.717) is 0 Å². The number of carbonyl (C=O) groups is 3. The summed E-state index contributed by atoms with van der Waals surface area (Å²) in [5.41, 5.74) is 0.176. The van der Waals surface area contributed by atoms with Gasteiger partial charge in [-0.1, -0.05) is 12.1 Å². The first-order valence-corrected chi connectivity index (χ1v) is 11.0. The molecule has 0 bridgehead atoms. The number of thioether (sulfide) groups is 1. The molecule has 0 saturated carbocycles. The van der Waals surface area contributed by atoms with Crippen molar-refractivity contribution in [2.45, 2.75) is 18.2 Å². The van der Waals surface area contributed by atoms with Crippen LogP contribution in [0.1, 0.15) is 13.3 Å². The summed E-state index contributed by atoms with van der Waals surface area (Å²) < 4.78 is 27.5. The number of hydrogen-bond donors (Lipinski definition) is 1. The molecule has 1 saturated heterocycles. The van der Waals surface area contributed by atoms with Gasteiger partial charge in [0, 0.05) is 30.1 Å². The maximum absolute atomic E-state index is 13.8. The van der Waals surface area contributed by atoms with E-state index in [4.69, 9.17) is 0 Å². The number of carbonyl (C=O) groups excluding carboxylic acids is 3. The number of amides is 3. The summed E-state index contributed by atoms with van der Waals surface area (Å²) in [5, 5.41) is 2.18. The smallest absolute Gasteiger partial charge is 0.244 e.